The second-order valence-electron chi connectivity index (χ2n) is 5.72. The summed E-state index contributed by atoms with van der Waals surface area (Å²) >= 11 is 0. The molecule has 0 aliphatic rings. The highest BCUT2D eigenvalue weighted by Crippen LogP contribution is 2.43. The topological polar surface area (TPSA) is 38.8 Å². The first kappa shape index (κ1) is 18.1. The zero-order chi connectivity index (χ0) is 14.3. The van der Waals surface area contributed by atoms with Crippen LogP contribution in [0.15, 0.2) is 0 Å². The molecule has 1 atom stereocenters. The molecule has 0 saturated heterocycles. The van der Waals surface area contributed by atoms with Crippen LogP contribution >= 0.6 is 7.60 Å². The van der Waals surface area contributed by atoms with E-state index < -0.39 is 7.60 Å². The van der Waals surface area contributed by atoms with Crippen molar-refractivity contribution in [2.75, 3.05) is 26.4 Å². The van der Waals surface area contributed by atoms with Crippen LogP contribution in [-0.2, 0) is 13.6 Å². The van der Waals surface area contributed by atoms with Crippen molar-refractivity contribution in [2.24, 2.45) is 5.92 Å². The molecule has 110 valence electrons. The molecule has 0 bridgehead atoms. The van der Waals surface area contributed by atoms with Crippen molar-refractivity contribution < 1.29 is 13.6 Å². The van der Waals surface area contributed by atoms with E-state index in [-0.39, 0.29) is 0 Å². The number of hydrogen-bond acceptors (Lipinski definition) is 4. The maximum atomic E-state index is 12.0. The van der Waals surface area contributed by atoms with Gasteiger partial charge in [0.1, 0.15) is 0 Å². The van der Waals surface area contributed by atoms with Crippen molar-refractivity contribution >= 4 is 7.60 Å². The summed E-state index contributed by atoms with van der Waals surface area (Å²) in [6, 6.07) is 0.919. The van der Waals surface area contributed by atoms with Crippen molar-refractivity contribution in [1.82, 2.24) is 4.90 Å². The molecule has 0 N–H and O–H groups in total. The molecule has 0 aliphatic heterocycles. The number of hydrogen-bond donors (Lipinski definition) is 0. The van der Waals surface area contributed by atoms with Gasteiger partial charge in [0.05, 0.1) is 13.2 Å². The molecule has 18 heavy (non-hydrogen) atoms. The summed E-state index contributed by atoms with van der Waals surface area (Å²) in [5, 5.41) is 0. The quantitative estimate of drug-likeness (QED) is 0.604. The lowest BCUT2D eigenvalue weighted by Crippen LogP contribution is -2.39. The van der Waals surface area contributed by atoms with Crippen molar-refractivity contribution in [3.05, 3.63) is 0 Å². The SMILES string of the molecule is CC(C)COP(C)(=O)OCCN(C(C)C)C(C)C. The molecule has 5 heteroatoms. The summed E-state index contributed by atoms with van der Waals surface area (Å²) in [5.74, 6) is 0.365. The maximum Gasteiger partial charge on any atom is 0.327 e. The molecular weight excluding hydrogens is 249 g/mol. The monoisotopic (exact) mass is 279 g/mol. The highest BCUT2D eigenvalue weighted by Gasteiger charge is 2.19. The van der Waals surface area contributed by atoms with Crippen LogP contribution in [0.1, 0.15) is 41.5 Å². The molecule has 1 unspecified atom stereocenters. The summed E-state index contributed by atoms with van der Waals surface area (Å²) < 4.78 is 22.7. The highest BCUT2D eigenvalue weighted by molar-refractivity contribution is 7.52. The Kier molecular flexibility index (Phi) is 8.37. The van der Waals surface area contributed by atoms with E-state index in [1.165, 1.54) is 0 Å². The largest absolute Gasteiger partial charge is 0.327 e. The van der Waals surface area contributed by atoms with E-state index in [0.29, 0.717) is 31.2 Å². The van der Waals surface area contributed by atoms with Gasteiger partial charge in [0.15, 0.2) is 0 Å². The molecule has 0 radical (unpaired) electrons. The van der Waals surface area contributed by atoms with Crippen LogP contribution in [-0.4, -0.2) is 43.4 Å². The average molecular weight is 279 g/mol. The molecule has 0 saturated carbocycles. The molecular formula is C13H30NO3P. The van der Waals surface area contributed by atoms with Gasteiger partial charge >= 0.3 is 7.60 Å². The van der Waals surface area contributed by atoms with E-state index in [9.17, 15) is 4.57 Å². The van der Waals surface area contributed by atoms with Crippen molar-refractivity contribution in [2.45, 2.75) is 53.6 Å². The lowest BCUT2D eigenvalue weighted by molar-refractivity contribution is 0.126. The Bertz CT molecular complexity index is 259. The third-order valence-corrected chi connectivity index (χ3v) is 3.91. The van der Waals surface area contributed by atoms with E-state index in [4.69, 9.17) is 9.05 Å². The molecule has 0 rings (SSSR count). The standard InChI is InChI=1S/C13H30NO3P/c1-11(2)10-17-18(7,15)16-9-8-14(12(3)4)13(5)6/h11-13H,8-10H2,1-7H3. The van der Waals surface area contributed by atoms with Crippen LogP contribution in [0, 0.1) is 5.92 Å². The van der Waals surface area contributed by atoms with Crippen molar-refractivity contribution in [3.63, 3.8) is 0 Å². The molecule has 0 spiro atoms. The van der Waals surface area contributed by atoms with Gasteiger partial charge in [0.2, 0.25) is 0 Å². The molecule has 0 heterocycles. The molecule has 4 nitrogen and oxygen atoms in total. The van der Waals surface area contributed by atoms with Gasteiger partial charge in [0, 0.05) is 25.3 Å². The molecule has 0 aliphatic carbocycles. The summed E-state index contributed by atoms with van der Waals surface area (Å²) in [6.07, 6.45) is 0. The Balaban J connectivity index is 4.04. The van der Waals surface area contributed by atoms with Crippen LogP contribution in [0.3, 0.4) is 0 Å². The van der Waals surface area contributed by atoms with Crippen LogP contribution in [0.5, 0.6) is 0 Å². The molecule has 0 fully saturated rings. The van der Waals surface area contributed by atoms with E-state index in [0.717, 1.165) is 6.54 Å². The van der Waals surface area contributed by atoms with Gasteiger partial charge in [-0.25, -0.2) is 0 Å². The van der Waals surface area contributed by atoms with Gasteiger partial charge < -0.3 is 9.05 Å². The van der Waals surface area contributed by atoms with Gasteiger partial charge in [-0.05, 0) is 33.6 Å². The molecule has 0 amide bonds. The maximum absolute atomic E-state index is 12.0. The predicted octanol–water partition coefficient (Wildman–Crippen LogP) is 3.62. The fourth-order valence-corrected chi connectivity index (χ4v) is 2.80. The van der Waals surface area contributed by atoms with E-state index in [1.807, 2.05) is 13.8 Å². The summed E-state index contributed by atoms with van der Waals surface area (Å²) in [4.78, 5) is 2.31. The van der Waals surface area contributed by atoms with Crippen molar-refractivity contribution in [3.8, 4) is 0 Å². The minimum atomic E-state index is -2.89. The zero-order valence-electron chi connectivity index (χ0n) is 13.0. The highest BCUT2D eigenvalue weighted by atomic mass is 31.2. The van der Waals surface area contributed by atoms with Crippen LogP contribution in [0.4, 0.5) is 0 Å². The smallest absolute Gasteiger partial charge is 0.308 e. The fraction of sp³-hybridized carbons (Fsp3) is 1.00. The van der Waals surface area contributed by atoms with E-state index in [1.54, 1.807) is 6.66 Å². The van der Waals surface area contributed by atoms with Gasteiger partial charge in [-0.15, -0.1) is 0 Å². The second-order valence-corrected chi connectivity index (χ2v) is 7.78. The van der Waals surface area contributed by atoms with Crippen LogP contribution in [0.2, 0.25) is 0 Å². The normalized spacial score (nSPS) is 15.9. The van der Waals surface area contributed by atoms with E-state index >= 15 is 0 Å². The molecule has 0 aromatic heterocycles. The van der Waals surface area contributed by atoms with E-state index in [2.05, 4.69) is 32.6 Å². The average Bonchev–Trinajstić information content (AvgIpc) is 2.20. The summed E-state index contributed by atoms with van der Waals surface area (Å²) in [6.45, 7) is 15.9. The Morgan fingerprint density at radius 3 is 1.89 bits per heavy atom. The second kappa shape index (κ2) is 8.31. The predicted molar refractivity (Wildman–Crippen MR) is 77.3 cm³/mol. The first-order chi connectivity index (χ1) is 8.15. The van der Waals surface area contributed by atoms with Gasteiger partial charge in [-0.2, -0.15) is 0 Å². The lowest BCUT2D eigenvalue weighted by Gasteiger charge is -2.30. The van der Waals surface area contributed by atoms with Crippen LogP contribution < -0.4 is 0 Å². The zero-order valence-corrected chi connectivity index (χ0v) is 13.9. The first-order valence-corrected chi connectivity index (χ1v) is 8.77. The Hall–Kier alpha value is 0.110. The third kappa shape index (κ3) is 8.25. The first-order valence-electron chi connectivity index (χ1n) is 6.78. The van der Waals surface area contributed by atoms with Crippen LogP contribution in [0.25, 0.3) is 0 Å². The minimum absolute atomic E-state index is 0.365. The van der Waals surface area contributed by atoms with Gasteiger partial charge in [-0.3, -0.25) is 9.46 Å². The van der Waals surface area contributed by atoms with Gasteiger partial charge in [-0.1, -0.05) is 13.8 Å². The summed E-state index contributed by atoms with van der Waals surface area (Å²) in [7, 11) is -2.89. The molecule has 0 aromatic rings. The third-order valence-electron chi connectivity index (χ3n) is 2.64. The molecule has 0 aromatic carbocycles. The fourth-order valence-electron chi connectivity index (χ4n) is 1.75. The van der Waals surface area contributed by atoms with Gasteiger partial charge in [0.25, 0.3) is 0 Å². The summed E-state index contributed by atoms with van der Waals surface area (Å²) in [5.41, 5.74) is 0. The number of nitrogens with zero attached hydrogens (tertiary/aromatic N) is 1. The Morgan fingerprint density at radius 1 is 1.00 bits per heavy atom. The van der Waals surface area contributed by atoms with Crippen molar-refractivity contribution in [1.29, 1.82) is 0 Å². The number of rotatable bonds is 9. The Labute approximate surface area is 113 Å². The lowest BCUT2D eigenvalue weighted by atomic mass is 10.2. The Morgan fingerprint density at radius 2 is 1.50 bits per heavy atom. The minimum Gasteiger partial charge on any atom is -0.308 e.